The van der Waals surface area contributed by atoms with Gasteiger partial charge in [-0.15, -0.1) is 10.2 Å². The van der Waals surface area contributed by atoms with Crippen molar-refractivity contribution in [3.8, 4) is 17.1 Å². The minimum Gasteiger partial charge on any atom is -0.486 e. The van der Waals surface area contributed by atoms with Gasteiger partial charge in [0.1, 0.15) is 17.5 Å². The summed E-state index contributed by atoms with van der Waals surface area (Å²) in [5.41, 5.74) is 3.97. The molecule has 186 valence electrons. The lowest BCUT2D eigenvalue weighted by Crippen LogP contribution is -2.37. The van der Waals surface area contributed by atoms with E-state index in [0.29, 0.717) is 42.4 Å². The molecule has 35 heavy (non-hydrogen) atoms. The minimum atomic E-state index is -0.864. The quantitative estimate of drug-likeness (QED) is 0.515. The summed E-state index contributed by atoms with van der Waals surface area (Å²) in [6, 6.07) is 3.69. The second-order valence-corrected chi connectivity index (χ2v) is 9.60. The summed E-state index contributed by atoms with van der Waals surface area (Å²) in [4.78, 5) is 16.0. The number of aliphatic carboxylic acids is 1. The van der Waals surface area contributed by atoms with Crippen molar-refractivity contribution in [2.45, 2.75) is 58.1 Å². The summed E-state index contributed by atoms with van der Waals surface area (Å²) < 4.78 is 15.0. The molecule has 0 aromatic carbocycles. The number of aryl methyl sites for hydroxylation is 2. The normalized spacial score (nSPS) is 20.9. The molecule has 2 fully saturated rings. The number of pyridine rings is 1. The molecule has 2 aliphatic rings. The van der Waals surface area contributed by atoms with Gasteiger partial charge in [-0.2, -0.15) is 0 Å². The van der Waals surface area contributed by atoms with E-state index in [4.69, 9.17) is 14.5 Å². The molecule has 11 nitrogen and oxygen atoms in total. The van der Waals surface area contributed by atoms with Crippen molar-refractivity contribution in [3.63, 3.8) is 0 Å². The molecule has 1 N–H and O–H groups in total. The van der Waals surface area contributed by atoms with Crippen LogP contribution in [0.2, 0.25) is 0 Å². The lowest BCUT2D eigenvalue weighted by atomic mass is 10.0. The number of carboxylic acids is 1. The molecule has 0 radical (unpaired) electrons. The van der Waals surface area contributed by atoms with Crippen LogP contribution >= 0.6 is 0 Å². The van der Waals surface area contributed by atoms with Crippen LogP contribution in [0.5, 0.6) is 5.75 Å². The highest BCUT2D eigenvalue weighted by atomic mass is 16.5. The smallest absolute Gasteiger partial charge is 0.308 e. The third-order valence-corrected chi connectivity index (χ3v) is 6.91. The Morgan fingerprint density at radius 2 is 2.03 bits per heavy atom. The van der Waals surface area contributed by atoms with Crippen molar-refractivity contribution in [2.24, 2.45) is 18.9 Å². The second-order valence-electron chi connectivity index (χ2n) is 9.60. The van der Waals surface area contributed by atoms with Crippen LogP contribution in [0.25, 0.3) is 11.4 Å². The molecule has 1 saturated heterocycles. The Kier molecular flexibility index (Phi) is 6.76. The van der Waals surface area contributed by atoms with Gasteiger partial charge in [-0.05, 0) is 31.4 Å². The highest BCUT2D eigenvalue weighted by molar-refractivity contribution is 5.70. The van der Waals surface area contributed by atoms with E-state index in [1.54, 1.807) is 4.68 Å². The average Bonchev–Trinajstić information content (AvgIpc) is 3.59. The summed E-state index contributed by atoms with van der Waals surface area (Å²) >= 11 is 0. The second kappa shape index (κ2) is 10.1. The number of carbonyl (C=O) groups is 1. The largest absolute Gasteiger partial charge is 0.486 e. The molecule has 4 heterocycles. The number of ether oxygens (including phenoxy) is 2. The molecule has 1 aliphatic carbocycles. The summed E-state index contributed by atoms with van der Waals surface area (Å²) in [6.45, 7) is 2.93. The molecule has 0 bridgehead atoms. The molecule has 2 atom stereocenters. The molecular weight excluding hydrogens is 450 g/mol. The predicted octanol–water partition coefficient (Wildman–Crippen LogP) is 2.43. The highest BCUT2D eigenvalue weighted by Crippen LogP contribution is 2.28. The SMILES string of the molecule is Cc1nc(-c2nnn(C)c2Cn2cc(CC3CCCC3)nn2)ccc1O[C@@H]1COC[C@@H](C(=O)O)C1. The van der Waals surface area contributed by atoms with Gasteiger partial charge in [0.2, 0.25) is 0 Å². The van der Waals surface area contributed by atoms with Gasteiger partial charge in [0, 0.05) is 19.7 Å². The van der Waals surface area contributed by atoms with Crippen molar-refractivity contribution in [3.05, 3.63) is 35.4 Å². The predicted molar refractivity (Wildman–Crippen MR) is 125 cm³/mol. The van der Waals surface area contributed by atoms with E-state index in [1.165, 1.54) is 25.7 Å². The van der Waals surface area contributed by atoms with E-state index in [2.05, 4.69) is 20.6 Å². The Balaban J connectivity index is 1.29. The van der Waals surface area contributed by atoms with Crippen LogP contribution in [0.1, 0.15) is 49.2 Å². The molecule has 3 aromatic rings. The Morgan fingerprint density at radius 3 is 2.80 bits per heavy atom. The Labute approximate surface area is 203 Å². The highest BCUT2D eigenvalue weighted by Gasteiger charge is 2.29. The van der Waals surface area contributed by atoms with E-state index >= 15 is 0 Å². The first-order valence-electron chi connectivity index (χ1n) is 12.2. The van der Waals surface area contributed by atoms with Crippen LogP contribution in [0, 0.1) is 18.8 Å². The van der Waals surface area contributed by atoms with Crippen LogP contribution in [0.3, 0.4) is 0 Å². The standard InChI is InChI=1S/C24H31N7O4/c1-15-22(35-19-10-17(24(32)33)13-34-14-19)8-7-20(25-15)23-21(30(2)28-27-23)12-31-11-18(26-29-31)9-16-5-3-4-6-16/h7-8,11,16-17,19H,3-6,9-10,12-14H2,1-2H3,(H,32,33)/t17-,19-/m0/s1. The van der Waals surface area contributed by atoms with E-state index in [-0.39, 0.29) is 12.7 Å². The maximum absolute atomic E-state index is 11.3. The molecular formula is C24H31N7O4. The van der Waals surface area contributed by atoms with E-state index < -0.39 is 11.9 Å². The third-order valence-electron chi connectivity index (χ3n) is 6.91. The monoisotopic (exact) mass is 481 g/mol. The van der Waals surface area contributed by atoms with E-state index in [1.807, 2.05) is 37.0 Å². The van der Waals surface area contributed by atoms with Crippen molar-refractivity contribution >= 4 is 5.97 Å². The zero-order chi connectivity index (χ0) is 24.4. The fraction of sp³-hybridized carbons (Fsp3) is 0.583. The van der Waals surface area contributed by atoms with Crippen LogP contribution in [-0.4, -0.2) is 65.4 Å². The fourth-order valence-corrected chi connectivity index (χ4v) is 4.96. The first-order valence-corrected chi connectivity index (χ1v) is 12.2. The van der Waals surface area contributed by atoms with Gasteiger partial charge in [0.25, 0.3) is 0 Å². The molecule has 3 aromatic heterocycles. The van der Waals surface area contributed by atoms with Crippen molar-refractivity contribution in [1.82, 2.24) is 35.0 Å². The topological polar surface area (TPSA) is 130 Å². The zero-order valence-electron chi connectivity index (χ0n) is 20.1. The van der Waals surface area contributed by atoms with Crippen LogP contribution in [-0.2, 0) is 29.5 Å². The first kappa shape index (κ1) is 23.4. The average molecular weight is 482 g/mol. The molecule has 5 rings (SSSR count). The number of hydrogen-bond donors (Lipinski definition) is 1. The van der Waals surface area contributed by atoms with Gasteiger partial charge in [0.15, 0.2) is 0 Å². The maximum atomic E-state index is 11.3. The Bertz CT molecular complexity index is 1180. The molecule has 1 aliphatic heterocycles. The summed E-state index contributed by atoms with van der Waals surface area (Å²) in [6.07, 6.45) is 8.27. The van der Waals surface area contributed by atoms with Gasteiger partial charge in [-0.25, -0.2) is 14.3 Å². The van der Waals surface area contributed by atoms with Crippen molar-refractivity contribution < 1.29 is 19.4 Å². The minimum absolute atomic E-state index is 0.217. The maximum Gasteiger partial charge on any atom is 0.308 e. The zero-order valence-corrected chi connectivity index (χ0v) is 20.1. The van der Waals surface area contributed by atoms with Gasteiger partial charge in [-0.1, -0.05) is 36.1 Å². The van der Waals surface area contributed by atoms with Crippen molar-refractivity contribution in [2.75, 3.05) is 13.2 Å². The Hall–Kier alpha value is -3.34. The van der Waals surface area contributed by atoms with Gasteiger partial charge < -0.3 is 14.6 Å². The fourth-order valence-electron chi connectivity index (χ4n) is 4.96. The van der Waals surface area contributed by atoms with Crippen molar-refractivity contribution in [1.29, 1.82) is 0 Å². The van der Waals surface area contributed by atoms with Gasteiger partial charge in [-0.3, -0.25) is 4.79 Å². The van der Waals surface area contributed by atoms with Crippen LogP contribution < -0.4 is 4.74 Å². The number of nitrogens with zero attached hydrogens (tertiary/aromatic N) is 7. The third kappa shape index (κ3) is 5.34. The van der Waals surface area contributed by atoms with Crippen LogP contribution in [0.15, 0.2) is 18.3 Å². The first-order chi connectivity index (χ1) is 17.0. The Morgan fingerprint density at radius 1 is 1.20 bits per heavy atom. The van der Waals surface area contributed by atoms with Crippen LogP contribution in [0.4, 0.5) is 0 Å². The van der Waals surface area contributed by atoms with Gasteiger partial charge in [0.05, 0.1) is 48.5 Å². The number of rotatable bonds is 8. The lowest BCUT2D eigenvalue weighted by molar-refractivity contribution is -0.149. The molecule has 11 heteroatoms. The number of hydrogen-bond acceptors (Lipinski definition) is 8. The summed E-state index contributed by atoms with van der Waals surface area (Å²) in [5, 5.41) is 26.5. The molecule has 1 saturated carbocycles. The van der Waals surface area contributed by atoms with E-state index in [0.717, 1.165) is 23.7 Å². The molecule has 0 spiro atoms. The molecule has 0 unspecified atom stereocenters. The summed E-state index contributed by atoms with van der Waals surface area (Å²) in [5.74, 6) is -0.0977. The number of carboxylic acid groups (broad SMARTS) is 1. The summed E-state index contributed by atoms with van der Waals surface area (Å²) in [7, 11) is 1.86. The van der Waals surface area contributed by atoms with Gasteiger partial charge >= 0.3 is 5.97 Å². The molecule has 0 amide bonds. The number of aromatic nitrogens is 7. The van der Waals surface area contributed by atoms with E-state index in [9.17, 15) is 9.90 Å². The lowest BCUT2D eigenvalue weighted by Gasteiger charge is -2.27.